The lowest BCUT2D eigenvalue weighted by Crippen LogP contribution is -2.05. The summed E-state index contributed by atoms with van der Waals surface area (Å²) in [6.07, 6.45) is 0.546. The second kappa shape index (κ2) is 3.86. The number of hydrogen-bond donors (Lipinski definition) is 1. The maximum atomic E-state index is 11.6. The number of para-hydroxylation sites is 2. The summed E-state index contributed by atoms with van der Waals surface area (Å²) < 4.78 is 16.7. The van der Waals surface area contributed by atoms with E-state index in [2.05, 4.69) is 5.32 Å². The molecular formula is C10H9NO3S. The summed E-state index contributed by atoms with van der Waals surface area (Å²) in [7, 11) is 0. The highest BCUT2D eigenvalue weighted by Gasteiger charge is 2.19. The van der Waals surface area contributed by atoms with Gasteiger partial charge in [0.25, 0.3) is 0 Å². The molecule has 0 saturated heterocycles. The molecule has 1 aromatic rings. The van der Waals surface area contributed by atoms with Crippen LogP contribution in [-0.2, 0) is 15.9 Å². The molecule has 2 rings (SSSR count). The number of rotatable bonds is 1. The second-order valence-corrected chi connectivity index (χ2v) is 4.12. The van der Waals surface area contributed by atoms with Crippen LogP contribution in [0.3, 0.4) is 0 Å². The summed E-state index contributed by atoms with van der Waals surface area (Å²) in [5.74, 6) is 0.479. The molecule has 15 heavy (non-hydrogen) atoms. The molecule has 0 spiro atoms. The number of allylic oxidation sites excluding steroid dienone is 2. The van der Waals surface area contributed by atoms with Crippen LogP contribution < -0.4 is 9.50 Å². The average molecular weight is 223 g/mol. The van der Waals surface area contributed by atoms with Crippen LogP contribution in [0, 0.1) is 0 Å². The Kier molecular flexibility index (Phi) is 2.55. The van der Waals surface area contributed by atoms with Gasteiger partial charge >= 0.3 is 0 Å². The molecule has 1 heterocycles. The van der Waals surface area contributed by atoms with Gasteiger partial charge in [-0.1, -0.05) is 12.1 Å². The van der Waals surface area contributed by atoms with Crippen LogP contribution in [0.4, 0.5) is 5.69 Å². The van der Waals surface area contributed by atoms with Crippen LogP contribution >= 0.6 is 0 Å². The van der Waals surface area contributed by atoms with E-state index in [9.17, 15) is 9.00 Å². The highest BCUT2D eigenvalue weighted by atomic mass is 32.2. The number of hydrogen-bond acceptors (Lipinski definition) is 4. The van der Waals surface area contributed by atoms with Gasteiger partial charge in [-0.2, -0.15) is 0 Å². The van der Waals surface area contributed by atoms with Crippen molar-refractivity contribution in [2.75, 3.05) is 5.32 Å². The number of anilines is 1. The van der Waals surface area contributed by atoms with E-state index in [1.807, 2.05) is 6.07 Å². The van der Waals surface area contributed by atoms with E-state index in [-0.39, 0.29) is 4.91 Å². The number of fused-ring (bicyclic) bond motifs is 1. The third kappa shape index (κ3) is 1.78. The Hall–Kier alpha value is -1.62. The summed E-state index contributed by atoms with van der Waals surface area (Å²) in [5.41, 5.74) is 1.26. The van der Waals surface area contributed by atoms with Crippen LogP contribution in [0.1, 0.15) is 6.92 Å². The molecule has 4 nitrogen and oxygen atoms in total. The molecule has 1 N–H and O–H groups in total. The van der Waals surface area contributed by atoms with Crippen molar-refractivity contribution < 1.29 is 13.2 Å². The lowest BCUT2D eigenvalue weighted by Gasteiger charge is -2.05. The number of carbonyl (C=O) groups excluding carboxylic acids is 1. The van der Waals surface area contributed by atoms with Gasteiger partial charge in [0, 0.05) is 5.70 Å². The van der Waals surface area contributed by atoms with Crippen LogP contribution in [-0.4, -0.2) is 10.5 Å². The number of nitrogens with one attached hydrogen (secondary N) is 1. The standard InChI is InChI=1S/C10H9NO3S/c1-7-10(6-12)15(13)14-9-5-3-2-4-8(9)11-7/h2-6,11H,1H3. The SMILES string of the molecule is CC1=C(C=O)S(=O)Oc2ccccc2N1. The molecule has 1 aliphatic heterocycles. The Morgan fingerprint density at radius 2 is 2.13 bits per heavy atom. The Morgan fingerprint density at radius 1 is 1.40 bits per heavy atom. The largest absolute Gasteiger partial charge is 0.395 e. The Labute approximate surface area is 89.6 Å². The smallest absolute Gasteiger partial charge is 0.245 e. The van der Waals surface area contributed by atoms with Crippen LogP contribution in [0.5, 0.6) is 5.75 Å². The van der Waals surface area contributed by atoms with Gasteiger partial charge in [-0.3, -0.25) is 4.79 Å². The van der Waals surface area contributed by atoms with Crippen molar-refractivity contribution in [2.45, 2.75) is 6.92 Å². The van der Waals surface area contributed by atoms with Crippen molar-refractivity contribution in [3.63, 3.8) is 0 Å². The Bertz CT molecular complexity index is 467. The molecule has 1 atom stereocenters. The second-order valence-electron chi connectivity index (χ2n) is 3.05. The predicted molar refractivity (Wildman–Crippen MR) is 57.6 cm³/mol. The third-order valence-corrected chi connectivity index (χ3v) is 3.12. The van der Waals surface area contributed by atoms with E-state index in [1.54, 1.807) is 25.1 Å². The molecule has 1 aromatic carbocycles. The molecular weight excluding hydrogens is 214 g/mol. The zero-order chi connectivity index (χ0) is 10.8. The predicted octanol–water partition coefficient (Wildman–Crippen LogP) is 1.58. The molecule has 0 radical (unpaired) electrons. The third-order valence-electron chi connectivity index (χ3n) is 2.03. The average Bonchev–Trinajstić information content (AvgIpc) is 2.33. The van der Waals surface area contributed by atoms with E-state index in [1.165, 1.54) is 0 Å². The van der Waals surface area contributed by atoms with Crippen LogP contribution in [0.15, 0.2) is 34.9 Å². The van der Waals surface area contributed by atoms with Crippen LogP contribution in [0.25, 0.3) is 0 Å². The Balaban J connectivity index is 2.51. The molecule has 0 fully saturated rings. The van der Waals surface area contributed by atoms with Gasteiger partial charge in [-0.15, -0.1) is 0 Å². The normalized spacial score (nSPS) is 19.7. The molecule has 1 unspecified atom stereocenters. The van der Waals surface area contributed by atoms with Gasteiger partial charge in [-0.25, -0.2) is 4.21 Å². The van der Waals surface area contributed by atoms with Gasteiger partial charge in [0.05, 0.1) is 5.69 Å². The summed E-state index contributed by atoms with van der Waals surface area (Å²) in [6.45, 7) is 1.69. The van der Waals surface area contributed by atoms with E-state index >= 15 is 0 Å². The molecule has 5 heteroatoms. The lowest BCUT2D eigenvalue weighted by molar-refractivity contribution is -0.104. The van der Waals surface area contributed by atoms with Gasteiger partial charge in [0.1, 0.15) is 4.91 Å². The zero-order valence-electron chi connectivity index (χ0n) is 8.02. The van der Waals surface area contributed by atoms with Crippen molar-refractivity contribution in [1.82, 2.24) is 0 Å². The van der Waals surface area contributed by atoms with E-state index in [4.69, 9.17) is 4.18 Å². The van der Waals surface area contributed by atoms with Crippen molar-refractivity contribution >= 4 is 23.1 Å². The highest BCUT2D eigenvalue weighted by molar-refractivity contribution is 7.85. The van der Waals surface area contributed by atoms with Crippen molar-refractivity contribution in [3.8, 4) is 5.75 Å². The fourth-order valence-electron chi connectivity index (χ4n) is 1.29. The van der Waals surface area contributed by atoms with Gasteiger partial charge < -0.3 is 9.50 Å². The summed E-state index contributed by atoms with van der Waals surface area (Å²) in [4.78, 5) is 10.8. The minimum Gasteiger partial charge on any atom is -0.395 e. The van der Waals surface area contributed by atoms with Crippen molar-refractivity contribution in [3.05, 3.63) is 34.9 Å². The first-order chi connectivity index (χ1) is 7.22. The first kappa shape index (κ1) is 9.92. The summed E-state index contributed by atoms with van der Waals surface area (Å²) in [6, 6.07) is 7.10. The molecule has 1 aliphatic rings. The molecule has 0 aliphatic carbocycles. The molecule has 0 bridgehead atoms. The van der Waals surface area contributed by atoms with Crippen molar-refractivity contribution in [1.29, 1.82) is 0 Å². The number of benzene rings is 1. The van der Waals surface area contributed by atoms with Crippen molar-refractivity contribution in [2.24, 2.45) is 0 Å². The topological polar surface area (TPSA) is 55.4 Å². The molecule has 0 saturated carbocycles. The van der Waals surface area contributed by atoms with Gasteiger partial charge in [-0.05, 0) is 19.1 Å². The van der Waals surface area contributed by atoms with Gasteiger partial charge in [0.15, 0.2) is 12.0 Å². The molecule has 0 aromatic heterocycles. The quantitative estimate of drug-likeness (QED) is 0.734. The number of aldehydes is 1. The van der Waals surface area contributed by atoms with E-state index < -0.39 is 11.1 Å². The Morgan fingerprint density at radius 3 is 2.87 bits per heavy atom. The first-order valence-corrected chi connectivity index (χ1v) is 5.42. The zero-order valence-corrected chi connectivity index (χ0v) is 8.84. The first-order valence-electron chi connectivity index (χ1n) is 4.34. The van der Waals surface area contributed by atoms with Crippen LogP contribution in [0.2, 0.25) is 0 Å². The maximum Gasteiger partial charge on any atom is 0.245 e. The maximum absolute atomic E-state index is 11.6. The summed E-state index contributed by atoms with van der Waals surface area (Å²) >= 11 is -1.74. The lowest BCUT2D eigenvalue weighted by atomic mass is 10.3. The van der Waals surface area contributed by atoms with Gasteiger partial charge in [0.2, 0.25) is 11.1 Å². The van der Waals surface area contributed by atoms with E-state index in [0.717, 1.165) is 0 Å². The summed E-state index contributed by atoms with van der Waals surface area (Å²) in [5, 5.41) is 2.98. The highest BCUT2D eigenvalue weighted by Crippen LogP contribution is 2.30. The fraction of sp³-hybridized carbons (Fsp3) is 0.100. The number of carbonyl (C=O) groups is 1. The minimum absolute atomic E-state index is 0.131. The van der Waals surface area contributed by atoms with E-state index in [0.29, 0.717) is 23.4 Å². The molecule has 0 amide bonds. The monoisotopic (exact) mass is 223 g/mol. The minimum atomic E-state index is -1.74. The molecule has 78 valence electrons. The fourth-order valence-corrected chi connectivity index (χ4v) is 2.06.